The monoisotopic (exact) mass is 234 g/mol. The van der Waals surface area contributed by atoms with Gasteiger partial charge in [-0.2, -0.15) is 0 Å². The van der Waals surface area contributed by atoms with Crippen LogP contribution in [0.25, 0.3) is 0 Å². The lowest BCUT2D eigenvalue weighted by Gasteiger charge is -2.44. The first-order valence-electron chi connectivity index (χ1n) is 6.73. The van der Waals surface area contributed by atoms with E-state index in [0.29, 0.717) is 12.6 Å². The van der Waals surface area contributed by atoms with Gasteiger partial charge in [0.1, 0.15) is 0 Å². The van der Waals surface area contributed by atoms with Gasteiger partial charge in [0.25, 0.3) is 0 Å². The van der Waals surface area contributed by atoms with Gasteiger partial charge in [0.05, 0.1) is 23.3 Å². The molecule has 4 nitrogen and oxygen atoms in total. The molecule has 0 bridgehead atoms. The van der Waals surface area contributed by atoms with Gasteiger partial charge in [0.2, 0.25) is 0 Å². The number of nitrogens with one attached hydrogen (secondary N) is 1. The molecule has 1 unspecified atom stereocenters. The maximum absolute atomic E-state index is 5.86. The third-order valence-electron chi connectivity index (χ3n) is 4.38. The zero-order valence-electron chi connectivity index (χ0n) is 10.6. The minimum atomic E-state index is 0.154. The lowest BCUT2D eigenvalue weighted by atomic mass is 9.75. The highest BCUT2D eigenvalue weighted by molar-refractivity contribution is 5.28. The maximum Gasteiger partial charge on any atom is 0.0949 e. The first kappa shape index (κ1) is 11.2. The van der Waals surface area contributed by atoms with Gasteiger partial charge in [-0.3, -0.25) is 0 Å². The molecule has 4 heteroatoms. The summed E-state index contributed by atoms with van der Waals surface area (Å²) in [6.07, 6.45) is 9.40. The van der Waals surface area contributed by atoms with E-state index in [0.717, 1.165) is 6.42 Å². The summed E-state index contributed by atoms with van der Waals surface area (Å²) in [6.45, 7) is 0.706. The van der Waals surface area contributed by atoms with Crippen LogP contribution in [0.2, 0.25) is 0 Å². The molecule has 0 aromatic carbocycles. The van der Waals surface area contributed by atoms with Crippen LogP contribution in [-0.4, -0.2) is 22.1 Å². The Labute approximate surface area is 103 Å². The van der Waals surface area contributed by atoms with E-state index in [-0.39, 0.29) is 5.54 Å². The van der Waals surface area contributed by atoms with E-state index in [9.17, 15) is 0 Å². The molecule has 1 aromatic heterocycles. The Hall–Kier alpha value is -0.870. The summed E-state index contributed by atoms with van der Waals surface area (Å²) in [4.78, 5) is 4.57. The number of imidazole rings is 1. The molecule has 1 saturated carbocycles. The van der Waals surface area contributed by atoms with E-state index in [1.54, 1.807) is 0 Å². The second kappa shape index (κ2) is 4.10. The highest BCUT2D eigenvalue weighted by atomic mass is 15.1. The van der Waals surface area contributed by atoms with Crippen molar-refractivity contribution in [2.75, 3.05) is 6.54 Å². The summed E-state index contributed by atoms with van der Waals surface area (Å²) in [6, 6.07) is 0.399. The second-order valence-electron chi connectivity index (χ2n) is 5.57. The van der Waals surface area contributed by atoms with Gasteiger partial charge < -0.3 is 15.6 Å². The lowest BCUT2D eigenvalue weighted by molar-refractivity contribution is 0.182. The fourth-order valence-electron chi connectivity index (χ4n) is 3.66. The van der Waals surface area contributed by atoms with E-state index in [4.69, 9.17) is 5.73 Å². The number of hydrogen-bond donors (Lipinski definition) is 2. The van der Waals surface area contributed by atoms with E-state index in [2.05, 4.69) is 21.9 Å². The molecule has 3 N–H and O–H groups in total. The number of nitrogens with zero attached hydrogens (tertiary/aromatic N) is 2. The average molecular weight is 234 g/mol. The molecule has 2 heterocycles. The van der Waals surface area contributed by atoms with Crippen molar-refractivity contribution in [1.82, 2.24) is 14.9 Å². The number of aromatic nitrogens is 2. The number of nitrogens with two attached hydrogens (primary N) is 1. The van der Waals surface area contributed by atoms with Crippen LogP contribution in [0.1, 0.15) is 43.5 Å². The summed E-state index contributed by atoms with van der Waals surface area (Å²) >= 11 is 0. The largest absolute Gasteiger partial charge is 0.336 e. The van der Waals surface area contributed by atoms with Crippen molar-refractivity contribution < 1.29 is 0 Å². The highest BCUT2D eigenvalue weighted by Gasteiger charge is 2.42. The van der Waals surface area contributed by atoms with Crippen molar-refractivity contribution in [2.24, 2.45) is 12.8 Å². The minimum Gasteiger partial charge on any atom is -0.336 e. The Morgan fingerprint density at radius 3 is 2.94 bits per heavy atom. The Morgan fingerprint density at radius 2 is 2.24 bits per heavy atom. The molecule has 1 aliphatic heterocycles. The summed E-state index contributed by atoms with van der Waals surface area (Å²) in [7, 11) is 2.12. The topological polar surface area (TPSA) is 55.9 Å². The standard InChI is InChI=1S/C13H22N4/c1-17-9-15-11-7-10(8-14)16-13(12(11)17)5-3-2-4-6-13/h9-10,16H,2-8,14H2,1H3. The van der Waals surface area contributed by atoms with Crippen LogP contribution < -0.4 is 11.1 Å². The van der Waals surface area contributed by atoms with Crippen molar-refractivity contribution in [3.05, 3.63) is 17.7 Å². The number of hydrogen-bond acceptors (Lipinski definition) is 3. The number of fused-ring (bicyclic) bond motifs is 2. The SMILES string of the molecule is Cn1cnc2c1C1(CCCCC1)NC(CN)C2. The van der Waals surface area contributed by atoms with Gasteiger partial charge in [-0.25, -0.2) is 4.98 Å². The Morgan fingerprint density at radius 1 is 1.47 bits per heavy atom. The van der Waals surface area contributed by atoms with Crippen molar-refractivity contribution in [3.8, 4) is 0 Å². The van der Waals surface area contributed by atoms with Crippen molar-refractivity contribution in [3.63, 3.8) is 0 Å². The quantitative estimate of drug-likeness (QED) is 0.763. The summed E-state index contributed by atoms with van der Waals surface area (Å²) in [5.74, 6) is 0. The van der Waals surface area contributed by atoms with Gasteiger partial charge in [-0.15, -0.1) is 0 Å². The van der Waals surface area contributed by atoms with Crippen LogP contribution in [0.3, 0.4) is 0 Å². The highest BCUT2D eigenvalue weighted by Crippen LogP contribution is 2.41. The van der Waals surface area contributed by atoms with Gasteiger partial charge in [-0.1, -0.05) is 19.3 Å². The molecular weight excluding hydrogens is 212 g/mol. The summed E-state index contributed by atoms with van der Waals surface area (Å²) in [5.41, 5.74) is 8.70. The molecule has 0 radical (unpaired) electrons. The molecule has 1 aliphatic carbocycles. The molecule has 17 heavy (non-hydrogen) atoms. The smallest absolute Gasteiger partial charge is 0.0949 e. The predicted octanol–water partition coefficient (Wildman–Crippen LogP) is 1.05. The van der Waals surface area contributed by atoms with Crippen LogP contribution in [-0.2, 0) is 19.0 Å². The number of aryl methyl sites for hydroxylation is 1. The molecule has 0 amide bonds. The van der Waals surface area contributed by atoms with Crippen molar-refractivity contribution >= 4 is 0 Å². The molecule has 0 saturated heterocycles. The Bertz CT molecular complexity index is 404. The number of rotatable bonds is 1. The molecular formula is C13H22N4. The normalized spacial score (nSPS) is 27.1. The van der Waals surface area contributed by atoms with Crippen LogP contribution in [0, 0.1) is 0 Å². The third-order valence-corrected chi connectivity index (χ3v) is 4.38. The first-order valence-corrected chi connectivity index (χ1v) is 6.73. The molecule has 1 fully saturated rings. The zero-order valence-corrected chi connectivity index (χ0v) is 10.6. The minimum absolute atomic E-state index is 0.154. The molecule has 1 spiro atoms. The fourth-order valence-corrected chi connectivity index (χ4v) is 3.66. The Kier molecular flexibility index (Phi) is 2.71. The van der Waals surface area contributed by atoms with Crippen molar-refractivity contribution in [2.45, 2.75) is 50.1 Å². The molecule has 3 rings (SSSR count). The van der Waals surface area contributed by atoms with Crippen LogP contribution in [0.4, 0.5) is 0 Å². The lowest BCUT2D eigenvalue weighted by Crippen LogP contribution is -2.56. The van der Waals surface area contributed by atoms with E-state index >= 15 is 0 Å². The van der Waals surface area contributed by atoms with E-state index in [1.807, 2.05) is 6.33 Å². The van der Waals surface area contributed by atoms with Gasteiger partial charge in [-0.05, 0) is 12.8 Å². The van der Waals surface area contributed by atoms with Gasteiger partial charge >= 0.3 is 0 Å². The fraction of sp³-hybridized carbons (Fsp3) is 0.769. The van der Waals surface area contributed by atoms with E-state index in [1.165, 1.54) is 43.5 Å². The van der Waals surface area contributed by atoms with E-state index < -0.39 is 0 Å². The Balaban J connectivity index is 2.04. The molecule has 2 aliphatic rings. The average Bonchev–Trinajstić information content (AvgIpc) is 2.73. The van der Waals surface area contributed by atoms with Crippen LogP contribution in [0.15, 0.2) is 6.33 Å². The molecule has 1 atom stereocenters. The van der Waals surface area contributed by atoms with Crippen LogP contribution in [0.5, 0.6) is 0 Å². The van der Waals surface area contributed by atoms with Crippen molar-refractivity contribution in [1.29, 1.82) is 0 Å². The molecule has 94 valence electrons. The predicted molar refractivity (Wildman–Crippen MR) is 67.7 cm³/mol. The van der Waals surface area contributed by atoms with Crippen LogP contribution >= 0.6 is 0 Å². The van der Waals surface area contributed by atoms with Gasteiger partial charge in [0.15, 0.2) is 0 Å². The molecule has 1 aromatic rings. The third kappa shape index (κ3) is 1.70. The summed E-state index contributed by atoms with van der Waals surface area (Å²) < 4.78 is 2.21. The maximum atomic E-state index is 5.86. The second-order valence-corrected chi connectivity index (χ2v) is 5.57. The van der Waals surface area contributed by atoms with Gasteiger partial charge in [0, 0.05) is 26.1 Å². The zero-order chi connectivity index (χ0) is 11.9. The first-order chi connectivity index (χ1) is 8.25. The summed E-state index contributed by atoms with van der Waals surface area (Å²) in [5, 5.41) is 3.82.